The molecule has 0 spiro atoms. The number of likely N-dealkylation sites (N-methyl/N-ethyl adjacent to an activating group) is 1. The van der Waals surface area contributed by atoms with Crippen LogP contribution in [0, 0.1) is 0 Å². The van der Waals surface area contributed by atoms with Gasteiger partial charge in [-0.25, -0.2) is 0 Å². The molecule has 0 aliphatic heterocycles. The van der Waals surface area contributed by atoms with Crippen LogP contribution in [0.2, 0.25) is 0 Å². The molecule has 0 aliphatic rings. The Balaban J connectivity index is 0.00000243. The molecule has 0 heterocycles. The van der Waals surface area contributed by atoms with E-state index in [4.69, 9.17) is 0 Å². The molecule has 0 aromatic heterocycles. The van der Waals surface area contributed by atoms with E-state index in [9.17, 15) is 0 Å². The largest absolute Gasteiger partial charge is 1.00 e. The Morgan fingerprint density at radius 3 is 1.04 bits per heavy atom. The van der Waals surface area contributed by atoms with E-state index in [0.29, 0.717) is 0 Å². The lowest BCUT2D eigenvalue weighted by Crippen LogP contribution is -3.16. The van der Waals surface area contributed by atoms with Crippen molar-refractivity contribution in [1.82, 2.24) is 0 Å². The van der Waals surface area contributed by atoms with Crippen molar-refractivity contribution >= 4 is 0 Å². The summed E-state index contributed by atoms with van der Waals surface area (Å²) in [4.78, 5) is 1.50. The predicted octanol–water partition coefficient (Wildman–Crippen LogP) is 0.602. The third-order valence-electron chi connectivity index (χ3n) is 5.22. The second-order valence-electron chi connectivity index (χ2n) is 7.27. The minimum absolute atomic E-state index is 0. The molecule has 3 aromatic carbocycles. The quantitative estimate of drug-likeness (QED) is 0.625. The Labute approximate surface area is 164 Å². The van der Waals surface area contributed by atoms with Crippen LogP contribution in [0.1, 0.15) is 16.7 Å². The molecule has 2 heteroatoms. The molecule has 0 aliphatic carbocycles. The lowest BCUT2D eigenvalue weighted by Gasteiger charge is -2.38. The number of nitrogens with one attached hydrogen (secondary N) is 1. The fraction of sp³-hybridized carbons (Fsp3) is 0.250. The number of hydrogen-bond acceptors (Lipinski definition) is 0. The van der Waals surface area contributed by atoms with Crippen LogP contribution in [0.15, 0.2) is 91.0 Å². The number of benzene rings is 3. The van der Waals surface area contributed by atoms with Crippen molar-refractivity contribution in [2.75, 3.05) is 14.1 Å². The van der Waals surface area contributed by atoms with Crippen LogP contribution in [0.25, 0.3) is 0 Å². The fourth-order valence-corrected chi connectivity index (χ4v) is 3.68. The van der Waals surface area contributed by atoms with Crippen LogP contribution >= 0.6 is 0 Å². The van der Waals surface area contributed by atoms with E-state index in [1.54, 1.807) is 0 Å². The summed E-state index contributed by atoms with van der Waals surface area (Å²) < 4.78 is 0. The number of halogens is 1. The SMILES string of the molecule is C[NH+](C)C(Cc1ccccc1)(Cc1ccccc1)Cc1ccccc1.[Cl-]. The van der Waals surface area contributed by atoms with E-state index in [-0.39, 0.29) is 17.9 Å². The number of quaternary nitrogens is 1. The molecule has 0 atom stereocenters. The number of rotatable bonds is 7. The Kier molecular flexibility index (Phi) is 7.44. The van der Waals surface area contributed by atoms with Crippen molar-refractivity contribution in [1.29, 1.82) is 0 Å². The highest BCUT2D eigenvalue weighted by atomic mass is 35.5. The minimum atomic E-state index is 0. The van der Waals surface area contributed by atoms with E-state index in [1.807, 2.05) is 0 Å². The summed E-state index contributed by atoms with van der Waals surface area (Å²) in [5, 5.41) is 0. The molecule has 3 rings (SSSR count). The summed E-state index contributed by atoms with van der Waals surface area (Å²) in [5.74, 6) is 0. The maximum atomic E-state index is 2.30. The zero-order valence-electron chi connectivity index (χ0n) is 15.7. The summed E-state index contributed by atoms with van der Waals surface area (Å²) in [7, 11) is 4.60. The summed E-state index contributed by atoms with van der Waals surface area (Å²) >= 11 is 0. The molecule has 0 bridgehead atoms. The van der Waals surface area contributed by atoms with Gasteiger partial charge in [0.1, 0.15) is 5.54 Å². The van der Waals surface area contributed by atoms with Crippen LogP contribution < -0.4 is 17.3 Å². The molecule has 0 unspecified atom stereocenters. The van der Waals surface area contributed by atoms with Crippen LogP contribution in [-0.2, 0) is 19.3 Å². The Morgan fingerprint density at radius 1 is 0.538 bits per heavy atom. The molecule has 0 saturated heterocycles. The van der Waals surface area contributed by atoms with Crippen molar-refractivity contribution < 1.29 is 17.3 Å². The summed E-state index contributed by atoms with van der Waals surface area (Å²) in [6.45, 7) is 0. The molecule has 1 nitrogen and oxygen atoms in total. The molecule has 0 fully saturated rings. The first-order valence-electron chi connectivity index (χ1n) is 9.10. The zero-order chi connectivity index (χ0) is 17.5. The van der Waals surface area contributed by atoms with Gasteiger partial charge >= 0.3 is 0 Å². The van der Waals surface area contributed by atoms with Crippen LogP contribution in [0.4, 0.5) is 0 Å². The zero-order valence-corrected chi connectivity index (χ0v) is 16.4. The van der Waals surface area contributed by atoms with Crippen molar-refractivity contribution in [2.45, 2.75) is 24.8 Å². The molecular formula is C24H28ClN. The third-order valence-corrected chi connectivity index (χ3v) is 5.22. The Bertz CT molecular complexity index is 653. The maximum Gasteiger partial charge on any atom is 0.109 e. The van der Waals surface area contributed by atoms with E-state index >= 15 is 0 Å². The average molecular weight is 366 g/mol. The topological polar surface area (TPSA) is 4.44 Å². The van der Waals surface area contributed by atoms with E-state index < -0.39 is 0 Å². The van der Waals surface area contributed by atoms with Gasteiger partial charge in [0, 0.05) is 19.3 Å². The van der Waals surface area contributed by atoms with E-state index in [2.05, 4.69) is 105 Å². The lowest BCUT2D eigenvalue weighted by atomic mass is 9.79. The van der Waals surface area contributed by atoms with Gasteiger partial charge in [-0.1, -0.05) is 91.0 Å². The van der Waals surface area contributed by atoms with Crippen molar-refractivity contribution in [3.8, 4) is 0 Å². The highest BCUT2D eigenvalue weighted by molar-refractivity contribution is 5.25. The first-order valence-corrected chi connectivity index (χ1v) is 9.10. The number of hydrogen-bond donors (Lipinski definition) is 1. The second kappa shape index (κ2) is 9.56. The van der Waals surface area contributed by atoms with Crippen LogP contribution in [0.5, 0.6) is 0 Å². The van der Waals surface area contributed by atoms with Crippen LogP contribution in [0.3, 0.4) is 0 Å². The van der Waals surface area contributed by atoms with Gasteiger partial charge in [-0.05, 0) is 16.7 Å². The van der Waals surface area contributed by atoms with Gasteiger partial charge in [0.2, 0.25) is 0 Å². The average Bonchev–Trinajstić information content (AvgIpc) is 2.64. The fourth-order valence-electron chi connectivity index (χ4n) is 3.68. The molecule has 26 heavy (non-hydrogen) atoms. The van der Waals surface area contributed by atoms with E-state index in [1.165, 1.54) is 21.6 Å². The summed E-state index contributed by atoms with van der Waals surface area (Å²) in [6, 6.07) is 32.7. The first-order chi connectivity index (χ1) is 12.2. The highest BCUT2D eigenvalue weighted by Gasteiger charge is 2.37. The molecule has 3 aromatic rings. The van der Waals surface area contributed by atoms with Crippen molar-refractivity contribution in [2.24, 2.45) is 0 Å². The second-order valence-corrected chi connectivity index (χ2v) is 7.27. The maximum absolute atomic E-state index is 2.30. The van der Waals surface area contributed by atoms with Gasteiger partial charge in [-0.2, -0.15) is 0 Å². The highest BCUT2D eigenvalue weighted by Crippen LogP contribution is 2.21. The summed E-state index contributed by atoms with van der Waals surface area (Å²) in [6.07, 6.45) is 3.21. The van der Waals surface area contributed by atoms with Gasteiger partial charge in [0.05, 0.1) is 14.1 Å². The monoisotopic (exact) mass is 365 g/mol. The summed E-state index contributed by atoms with van der Waals surface area (Å²) in [5.41, 5.74) is 4.37. The molecule has 136 valence electrons. The Morgan fingerprint density at radius 2 is 0.808 bits per heavy atom. The van der Waals surface area contributed by atoms with E-state index in [0.717, 1.165) is 19.3 Å². The third kappa shape index (κ3) is 5.20. The van der Waals surface area contributed by atoms with Crippen molar-refractivity contribution in [3.63, 3.8) is 0 Å². The molecule has 0 saturated carbocycles. The normalized spacial score (nSPS) is 11.2. The Hall–Kier alpha value is -2.09. The standard InChI is InChI=1S/C24H27N.ClH/c1-25(2)24(18-21-12-6-3-7-13-21,19-22-14-8-4-9-15-22)20-23-16-10-5-11-17-23;/h3-17H,18-20H2,1-2H3;1H. The van der Waals surface area contributed by atoms with Gasteiger partial charge in [0.15, 0.2) is 0 Å². The van der Waals surface area contributed by atoms with Gasteiger partial charge in [-0.15, -0.1) is 0 Å². The van der Waals surface area contributed by atoms with Gasteiger partial charge < -0.3 is 17.3 Å². The van der Waals surface area contributed by atoms with Gasteiger partial charge in [0.25, 0.3) is 0 Å². The predicted molar refractivity (Wildman–Crippen MR) is 106 cm³/mol. The lowest BCUT2D eigenvalue weighted by molar-refractivity contribution is -0.915. The van der Waals surface area contributed by atoms with Crippen LogP contribution in [-0.4, -0.2) is 19.6 Å². The molecule has 0 radical (unpaired) electrons. The molecule has 0 amide bonds. The molecular weight excluding hydrogens is 338 g/mol. The molecule has 1 N–H and O–H groups in total. The van der Waals surface area contributed by atoms with Crippen molar-refractivity contribution in [3.05, 3.63) is 108 Å². The minimum Gasteiger partial charge on any atom is -1.00 e. The van der Waals surface area contributed by atoms with Gasteiger partial charge in [-0.3, -0.25) is 0 Å². The first kappa shape index (κ1) is 20.2. The smallest absolute Gasteiger partial charge is 0.109 e.